The Kier molecular flexibility index (Phi) is 1.52. The number of rotatable bonds is 1. The van der Waals surface area contributed by atoms with Crippen LogP contribution in [0.4, 0.5) is 0 Å². The summed E-state index contributed by atoms with van der Waals surface area (Å²) in [6.45, 7) is 3.53. The second-order valence-corrected chi connectivity index (χ2v) is 2.18. The molecule has 0 saturated carbocycles. The second kappa shape index (κ2) is 2.18. The van der Waals surface area contributed by atoms with E-state index in [-0.39, 0.29) is 5.78 Å². The highest BCUT2D eigenvalue weighted by Crippen LogP contribution is 2.17. The van der Waals surface area contributed by atoms with Gasteiger partial charge in [-0.05, 0) is 19.4 Å². The summed E-state index contributed by atoms with van der Waals surface area (Å²) in [6.07, 6.45) is 5.68. The Bertz CT molecular complexity index is 197. The molecule has 0 spiro atoms. The molecule has 47 valence electrons. The van der Waals surface area contributed by atoms with Crippen LogP contribution in [-0.4, -0.2) is 5.78 Å². The summed E-state index contributed by atoms with van der Waals surface area (Å²) < 4.78 is 0. The van der Waals surface area contributed by atoms with Crippen molar-refractivity contribution in [2.24, 2.45) is 0 Å². The molecule has 1 aliphatic rings. The maximum Gasteiger partial charge on any atom is 0.159 e. The predicted molar refractivity (Wildman–Crippen MR) is 36.8 cm³/mol. The van der Waals surface area contributed by atoms with Gasteiger partial charge in [0.2, 0.25) is 0 Å². The molecule has 0 heterocycles. The van der Waals surface area contributed by atoms with Gasteiger partial charge in [0.1, 0.15) is 0 Å². The quantitative estimate of drug-likeness (QED) is 0.515. The molecule has 0 N–H and O–H groups in total. The second-order valence-electron chi connectivity index (χ2n) is 2.18. The third kappa shape index (κ3) is 1.10. The standard InChI is InChI=1S/C8H9O/c1-6-4-3-5-8(6)7(2)9/h3-5H,1-2H3. The van der Waals surface area contributed by atoms with Gasteiger partial charge in [0, 0.05) is 12.0 Å². The summed E-state index contributed by atoms with van der Waals surface area (Å²) >= 11 is 0. The molecule has 0 aromatic rings. The summed E-state index contributed by atoms with van der Waals surface area (Å²) in [5.41, 5.74) is 1.91. The highest BCUT2D eigenvalue weighted by molar-refractivity contribution is 5.98. The van der Waals surface area contributed by atoms with Crippen molar-refractivity contribution in [1.29, 1.82) is 0 Å². The van der Waals surface area contributed by atoms with Gasteiger partial charge in [-0.25, -0.2) is 0 Å². The van der Waals surface area contributed by atoms with Crippen LogP contribution in [0, 0.1) is 6.42 Å². The maximum absolute atomic E-state index is 10.7. The molecule has 0 unspecified atom stereocenters. The SMILES string of the molecule is CC(=O)C1=C[CH]C=C1C. The Morgan fingerprint density at radius 3 is 2.33 bits per heavy atom. The fourth-order valence-electron chi connectivity index (χ4n) is 0.905. The molecular formula is C8H9O. The molecule has 0 aliphatic heterocycles. The van der Waals surface area contributed by atoms with Gasteiger partial charge in [-0.3, -0.25) is 4.79 Å². The molecule has 0 fully saturated rings. The summed E-state index contributed by atoms with van der Waals surface area (Å²) in [5.74, 6) is 0.150. The van der Waals surface area contributed by atoms with Gasteiger partial charge in [0.05, 0.1) is 0 Å². The molecule has 0 bridgehead atoms. The van der Waals surface area contributed by atoms with Crippen LogP contribution in [0.25, 0.3) is 0 Å². The van der Waals surface area contributed by atoms with Crippen molar-refractivity contribution in [2.75, 3.05) is 0 Å². The van der Waals surface area contributed by atoms with Crippen LogP contribution >= 0.6 is 0 Å². The van der Waals surface area contributed by atoms with Crippen molar-refractivity contribution in [3.05, 3.63) is 29.7 Å². The zero-order valence-corrected chi connectivity index (χ0v) is 5.64. The lowest BCUT2D eigenvalue weighted by Gasteiger charge is -1.94. The molecule has 1 rings (SSSR count). The largest absolute Gasteiger partial charge is 0.295 e. The first-order chi connectivity index (χ1) is 4.22. The van der Waals surface area contributed by atoms with Crippen molar-refractivity contribution in [2.45, 2.75) is 13.8 Å². The van der Waals surface area contributed by atoms with E-state index in [2.05, 4.69) is 0 Å². The van der Waals surface area contributed by atoms with Crippen LogP contribution in [0.1, 0.15) is 13.8 Å². The van der Waals surface area contributed by atoms with Crippen molar-refractivity contribution in [3.8, 4) is 0 Å². The summed E-state index contributed by atoms with van der Waals surface area (Å²) in [4.78, 5) is 10.7. The number of carbonyl (C=O) groups is 1. The summed E-state index contributed by atoms with van der Waals surface area (Å²) in [6, 6.07) is 0. The number of hydrogen-bond donors (Lipinski definition) is 0. The lowest BCUT2D eigenvalue weighted by Crippen LogP contribution is -1.94. The molecule has 1 heteroatoms. The van der Waals surface area contributed by atoms with Gasteiger partial charge in [-0.1, -0.05) is 12.2 Å². The highest BCUT2D eigenvalue weighted by atomic mass is 16.1. The van der Waals surface area contributed by atoms with E-state index in [9.17, 15) is 4.79 Å². The number of allylic oxidation sites excluding steroid dienone is 4. The fourth-order valence-corrected chi connectivity index (χ4v) is 0.905. The van der Waals surface area contributed by atoms with Crippen molar-refractivity contribution in [3.63, 3.8) is 0 Å². The third-order valence-corrected chi connectivity index (χ3v) is 1.41. The average molecular weight is 121 g/mol. The minimum Gasteiger partial charge on any atom is -0.295 e. The van der Waals surface area contributed by atoms with Gasteiger partial charge < -0.3 is 0 Å². The van der Waals surface area contributed by atoms with E-state index >= 15 is 0 Å². The van der Waals surface area contributed by atoms with Gasteiger partial charge in [0.25, 0.3) is 0 Å². The van der Waals surface area contributed by atoms with Gasteiger partial charge >= 0.3 is 0 Å². The van der Waals surface area contributed by atoms with E-state index < -0.39 is 0 Å². The molecule has 0 atom stereocenters. The molecule has 1 radical (unpaired) electrons. The summed E-state index contributed by atoms with van der Waals surface area (Å²) in [7, 11) is 0. The van der Waals surface area contributed by atoms with Crippen LogP contribution in [0.2, 0.25) is 0 Å². The minimum absolute atomic E-state index is 0.150. The van der Waals surface area contributed by atoms with Gasteiger partial charge in [-0.2, -0.15) is 0 Å². The predicted octanol–water partition coefficient (Wildman–Crippen LogP) is 1.67. The number of hydrogen-bond acceptors (Lipinski definition) is 1. The zero-order chi connectivity index (χ0) is 6.85. The molecule has 1 aliphatic carbocycles. The van der Waals surface area contributed by atoms with Gasteiger partial charge in [0.15, 0.2) is 5.78 Å². The smallest absolute Gasteiger partial charge is 0.159 e. The molecule has 0 aromatic carbocycles. The Hall–Kier alpha value is -0.850. The average Bonchev–Trinajstić information content (AvgIpc) is 2.13. The normalized spacial score (nSPS) is 17.1. The van der Waals surface area contributed by atoms with Crippen LogP contribution in [-0.2, 0) is 4.79 Å². The first kappa shape index (κ1) is 6.27. The molecule has 1 nitrogen and oxygen atoms in total. The lowest BCUT2D eigenvalue weighted by molar-refractivity contribution is -0.113. The van der Waals surface area contributed by atoms with Crippen LogP contribution < -0.4 is 0 Å². The molecule has 0 saturated heterocycles. The molecule has 0 aromatic heterocycles. The van der Waals surface area contributed by atoms with Crippen LogP contribution in [0.3, 0.4) is 0 Å². The topological polar surface area (TPSA) is 17.1 Å². The monoisotopic (exact) mass is 121 g/mol. The van der Waals surface area contributed by atoms with Crippen molar-refractivity contribution in [1.82, 2.24) is 0 Å². The fraction of sp³-hybridized carbons (Fsp3) is 0.250. The maximum atomic E-state index is 10.7. The first-order valence-corrected chi connectivity index (χ1v) is 2.95. The van der Waals surface area contributed by atoms with E-state index in [0.29, 0.717) is 0 Å². The minimum atomic E-state index is 0.150. The van der Waals surface area contributed by atoms with E-state index in [0.717, 1.165) is 11.1 Å². The Morgan fingerprint density at radius 1 is 1.44 bits per heavy atom. The number of Topliss-reactive ketones (excluding diaryl/α,β-unsaturated/α-hetero) is 1. The molecular weight excluding hydrogens is 112 g/mol. The van der Waals surface area contributed by atoms with Crippen molar-refractivity contribution < 1.29 is 4.79 Å². The van der Waals surface area contributed by atoms with E-state index in [1.165, 1.54) is 0 Å². The highest BCUT2D eigenvalue weighted by Gasteiger charge is 2.08. The Balaban J connectivity index is 2.84. The zero-order valence-electron chi connectivity index (χ0n) is 5.64. The van der Waals surface area contributed by atoms with E-state index in [1.807, 2.05) is 25.5 Å². The molecule has 9 heavy (non-hydrogen) atoms. The van der Waals surface area contributed by atoms with Crippen LogP contribution in [0.5, 0.6) is 0 Å². The van der Waals surface area contributed by atoms with Crippen LogP contribution in [0.15, 0.2) is 23.3 Å². The number of ketones is 1. The third-order valence-electron chi connectivity index (χ3n) is 1.41. The first-order valence-electron chi connectivity index (χ1n) is 2.95. The van der Waals surface area contributed by atoms with Gasteiger partial charge in [-0.15, -0.1) is 0 Å². The molecule has 0 amide bonds. The van der Waals surface area contributed by atoms with E-state index in [4.69, 9.17) is 0 Å². The Labute approximate surface area is 55.1 Å². The Morgan fingerprint density at radius 2 is 2.11 bits per heavy atom. The lowest BCUT2D eigenvalue weighted by atomic mass is 10.1. The summed E-state index contributed by atoms with van der Waals surface area (Å²) in [5, 5.41) is 0. The number of carbonyl (C=O) groups excluding carboxylic acids is 1. The van der Waals surface area contributed by atoms with E-state index in [1.54, 1.807) is 6.92 Å². The van der Waals surface area contributed by atoms with Crippen molar-refractivity contribution >= 4 is 5.78 Å².